The number of rotatable bonds is 15. The molecule has 0 aromatic heterocycles. The van der Waals surface area contributed by atoms with Crippen molar-refractivity contribution >= 4 is 35.0 Å². The van der Waals surface area contributed by atoms with Gasteiger partial charge in [-0.1, -0.05) is 76.4 Å². The topological polar surface area (TPSA) is 37.3 Å². The van der Waals surface area contributed by atoms with Crippen LogP contribution in [0.25, 0.3) is 0 Å². The summed E-state index contributed by atoms with van der Waals surface area (Å²) in [7, 11) is 0. The molecule has 0 heterocycles. The molecular formula is C16H30O2S2. The van der Waals surface area contributed by atoms with Crippen molar-refractivity contribution in [2.45, 2.75) is 89.9 Å². The molecule has 0 unspecified atom stereocenters. The zero-order valence-corrected chi connectivity index (χ0v) is 14.3. The van der Waals surface area contributed by atoms with E-state index in [1.807, 2.05) is 0 Å². The highest BCUT2D eigenvalue weighted by atomic mass is 32.1. The third kappa shape index (κ3) is 17.9. The lowest BCUT2D eigenvalue weighted by atomic mass is 10.0. The Morgan fingerprint density at radius 2 is 1.00 bits per heavy atom. The number of carboxylic acid groups (broad SMARTS) is 1. The molecule has 0 aliphatic rings. The van der Waals surface area contributed by atoms with Gasteiger partial charge in [0.2, 0.25) is 0 Å². The Hall–Kier alpha value is -0.0900. The lowest BCUT2D eigenvalue weighted by Gasteiger charge is -2.02. The second-order valence-electron chi connectivity index (χ2n) is 5.53. The van der Waals surface area contributed by atoms with E-state index in [9.17, 15) is 4.79 Å². The maximum Gasteiger partial charge on any atom is 0.303 e. The van der Waals surface area contributed by atoms with Gasteiger partial charge in [0, 0.05) is 10.6 Å². The smallest absolute Gasteiger partial charge is 0.303 e. The van der Waals surface area contributed by atoms with E-state index in [2.05, 4.69) is 12.6 Å². The summed E-state index contributed by atoms with van der Waals surface area (Å²) in [5.41, 5.74) is 0. The molecule has 118 valence electrons. The number of hydrogen-bond donors (Lipinski definition) is 2. The van der Waals surface area contributed by atoms with Crippen LogP contribution in [0.15, 0.2) is 0 Å². The number of hydrogen-bond acceptors (Lipinski definition) is 2. The zero-order valence-electron chi connectivity index (χ0n) is 12.6. The van der Waals surface area contributed by atoms with E-state index in [1.54, 1.807) is 0 Å². The molecule has 20 heavy (non-hydrogen) atoms. The summed E-state index contributed by atoms with van der Waals surface area (Å²) in [4.78, 5) is 10.3. The monoisotopic (exact) mass is 318 g/mol. The average molecular weight is 319 g/mol. The van der Waals surface area contributed by atoms with Gasteiger partial charge in [0.25, 0.3) is 0 Å². The molecule has 0 rings (SSSR count). The van der Waals surface area contributed by atoms with E-state index in [1.165, 1.54) is 64.2 Å². The summed E-state index contributed by atoms with van der Waals surface area (Å²) in [6.45, 7) is 0. The van der Waals surface area contributed by atoms with E-state index in [4.69, 9.17) is 17.3 Å². The molecule has 0 atom stereocenters. The first kappa shape index (κ1) is 19.9. The molecule has 0 aliphatic carbocycles. The fourth-order valence-electron chi connectivity index (χ4n) is 2.32. The zero-order chi connectivity index (χ0) is 15.1. The van der Waals surface area contributed by atoms with Crippen molar-refractivity contribution in [3.05, 3.63) is 0 Å². The van der Waals surface area contributed by atoms with Gasteiger partial charge >= 0.3 is 5.97 Å². The van der Waals surface area contributed by atoms with Crippen molar-refractivity contribution in [2.24, 2.45) is 0 Å². The van der Waals surface area contributed by atoms with Crippen LogP contribution >= 0.6 is 24.8 Å². The van der Waals surface area contributed by atoms with Crippen LogP contribution in [0, 0.1) is 0 Å². The third-order valence-electron chi connectivity index (χ3n) is 3.53. The van der Waals surface area contributed by atoms with Crippen molar-refractivity contribution in [3.8, 4) is 0 Å². The number of carboxylic acids is 1. The molecule has 0 aliphatic heterocycles. The molecule has 0 saturated heterocycles. The fourth-order valence-corrected chi connectivity index (χ4v) is 2.62. The fraction of sp³-hybridized carbons (Fsp3) is 0.875. The van der Waals surface area contributed by atoms with Gasteiger partial charge in [0.1, 0.15) is 0 Å². The summed E-state index contributed by atoms with van der Waals surface area (Å²) in [6.07, 6.45) is 16.2. The SMILES string of the molecule is O=C(O)CCCCCCCCCCCCCCC(=S)S. The van der Waals surface area contributed by atoms with Crippen molar-refractivity contribution in [1.29, 1.82) is 0 Å². The van der Waals surface area contributed by atoms with E-state index >= 15 is 0 Å². The van der Waals surface area contributed by atoms with Crippen LogP contribution in [-0.4, -0.2) is 15.3 Å². The van der Waals surface area contributed by atoms with Gasteiger partial charge in [-0.15, -0.1) is 12.6 Å². The predicted molar refractivity (Wildman–Crippen MR) is 93.9 cm³/mol. The molecular weight excluding hydrogens is 288 g/mol. The van der Waals surface area contributed by atoms with Crippen LogP contribution in [0.4, 0.5) is 0 Å². The van der Waals surface area contributed by atoms with Gasteiger partial charge < -0.3 is 5.11 Å². The lowest BCUT2D eigenvalue weighted by molar-refractivity contribution is -0.137. The first-order valence-electron chi connectivity index (χ1n) is 8.06. The Morgan fingerprint density at radius 3 is 1.30 bits per heavy atom. The first-order chi connectivity index (χ1) is 9.63. The number of carbonyl (C=O) groups is 1. The van der Waals surface area contributed by atoms with Gasteiger partial charge in [-0.05, 0) is 19.3 Å². The molecule has 1 N–H and O–H groups in total. The van der Waals surface area contributed by atoms with Crippen molar-refractivity contribution in [2.75, 3.05) is 0 Å². The summed E-state index contributed by atoms with van der Waals surface area (Å²) in [6, 6.07) is 0. The Kier molecular flexibility index (Phi) is 15.2. The molecule has 0 amide bonds. The molecule has 0 spiro atoms. The molecule has 4 heteroatoms. The van der Waals surface area contributed by atoms with Crippen LogP contribution in [0.2, 0.25) is 0 Å². The van der Waals surface area contributed by atoms with Crippen LogP contribution in [-0.2, 0) is 4.79 Å². The number of thiol groups is 1. The second kappa shape index (κ2) is 15.3. The molecule has 0 radical (unpaired) electrons. The highest BCUT2D eigenvalue weighted by Crippen LogP contribution is 2.13. The molecule has 0 saturated carbocycles. The normalized spacial score (nSPS) is 10.7. The summed E-state index contributed by atoms with van der Waals surface area (Å²) in [5, 5.41) is 8.51. The first-order valence-corrected chi connectivity index (χ1v) is 8.92. The maximum absolute atomic E-state index is 10.3. The third-order valence-corrected chi connectivity index (χ3v) is 3.96. The second-order valence-corrected chi connectivity index (χ2v) is 6.87. The lowest BCUT2D eigenvalue weighted by Crippen LogP contribution is -1.93. The Balaban J connectivity index is 2.99. The van der Waals surface area contributed by atoms with Crippen molar-refractivity contribution in [1.82, 2.24) is 0 Å². The van der Waals surface area contributed by atoms with Crippen molar-refractivity contribution in [3.63, 3.8) is 0 Å². The maximum atomic E-state index is 10.3. The average Bonchev–Trinajstić information content (AvgIpc) is 2.38. The highest BCUT2D eigenvalue weighted by molar-refractivity contribution is 8.11. The number of aliphatic carboxylic acids is 1. The Labute approximate surface area is 135 Å². The number of unbranched alkanes of at least 4 members (excludes halogenated alkanes) is 11. The molecule has 0 fully saturated rings. The van der Waals surface area contributed by atoms with Gasteiger partial charge in [0.15, 0.2) is 0 Å². The standard InChI is InChI=1S/C16H30O2S2/c17-15(18)13-11-9-7-5-3-1-2-4-6-8-10-12-14-16(19)20/h1-14H2,(H,17,18)(H,19,20). The Morgan fingerprint density at radius 1 is 0.700 bits per heavy atom. The predicted octanol–water partition coefficient (Wildman–Crippen LogP) is 5.79. The summed E-state index contributed by atoms with van der Waals surface area (Å²) >= 11 is 9.05. The number of thiocarbonyl (C=S) groups is 1. The van der Waals surface area contributed by atoms with E-state index in [0.717, 1.165) is 23.5 Å². The van der Waals surface area contributed by atoms with Gasteiger partial charge in [-0.3, -0.25) is 4.79 Å². The van der Waals surface area contributed by atoms with Gasteiger partial charge in [-0.2, -0.15) is 0 Å². The minimum Gasteiger partial charge on any atom is -0.481 e. The molecule has 2 nitrogen and oxygen atoms in total. The van der Waals surface area contributed by atoms with Gasteiger partial charge in [0.05, 0.1) is 0 Å². The summed E-state index contributed by atoms with van der Waals surface area (Å²) in [5.74, 6) is -0.666. The van der Waals surface area contributed by atoms with Crippen LogP contribution in [0.5, 0.6) is 0 Å². The van der Waals surface area contributed by atoms with Gasteiger partial charge in [-0.25, -0.2) is 0 Å². The van der Waals surface area contributed by atoms with Crippen LogP contribution in [0.1, 0.15) is 89.9 Å². The van der Waals surface area contributed by atoms with E-state index in [-0.39, 0.29) is 0 Å². The molecule has 0 aromatic rings. The molecule has 0 bridgehead atoms. The highest BCUT2D eigenvalue weighted by Gasteiger charge is 1.97. The van der Waals surface area contributed by atoms with Crippen LogP contribution in [0.3, 0.4) is 0 Å². The van der Waals surface area contributed by atoms with E-state index in [0.29, 0.717) is 6.42 Å². The minimum atomic E-state index is -0.666. The van der Waals surface area contributed by atoms with Crippen molar-refractivity contribution < 1.29 is 9.90 Å². The van der Waals surface area contributed by atoms with Crippen LogP contribution < -0.4 is 0 Å². The quantitative estimate of drug-likeness (QED) is 0.228. The van der Waals surface area contributed by atoms with E-state index < -0.39 is 5.97 Å². The Bertz CT molecular complexity index is 229. The molecule has 0 aromatic carbocycles. The summed E-state index contributed by atoms with van der Waals surface area (Å²) < 4.78 is 0.841. The minimum absolute atomic E-state index is 0.331. The largest absolute Gasteiger partial charge is 0.481 e.